The van der Waals surface area contributed by atoms with Crippen LogP contribution >= 0.6 is 11.8 Å². The van der Waals surface area contributed by atoms with Crippen molar-refractivity contribution in [3.8, 4) is 0 Å². The quantitative estimate of drug-likeness (QED) is 0.142. The predicted molar refractivity (Wildman–Crippen MR) is 58.4 cm³/mol. The van der Waals surface area contributed by atoms with Crippen molar-refractivity contribution in [3.63, 3.8) is 0 Å². The number of nitrogens with two attached hydrogens (primary N) is 1. The maximum atomic E-state index is 8.35. The van der Waals surface area contributed by atoms with Gasteiger partial charge in [-0.05, 0) is 6.92 Å². The highest BCUT2D eigenvalue weighted by atomic mass is 32.2. The molecule has 0 fully saturated rings. The van der Waals surface area contributed by atoms with Crippen molar-refractivity contribution in [2.75, 3.05) is 18.1 Å². The van der Waals surface area contributed by atoms with E-state index in [-0.39, 0.29) is 11.9 Å². The summed E-state index contributed by atoms with van der Waals surface area (Å²) in [5, 5.41) is 14.4. The first-order chi connectivity index (χ1) is 6.22. The van der Waals surface area contributed by atoms with Gasteiger partial charge in [0.25, 0.3) is 0 Å². The van der Waals surface area contributed by atoms with Gasteiger partial charge in [-0.1, -0.05) is 11.2 Å². The Labute approximate surface area is 83.3 Å². The fourth-order valence-electron chi connectivity index (χ4n) is 0.705. The van der Waals surface area contributed by atoms with E-state index < -0.39 is 0 Å². The highest BCUT2D eigenvalue weighted by molar-refractivity contribution is 7.99. The lowest BCUT2D eigenvalue weighted by Crippen LogP contribution is -2.40. The Morgan fingerprint density at radius 1 is 1.85 bits per heavy atom. The van der Waals surface area contributed by atoms with Gasteiger partial charge in [-0.2, -0.15) is 11.8 Å². The molecule has 0 radical (unpaired) electrons. The highest BCUT2D eigenvalue weighted by Gasteiger charge is 2.04. The zero-order chi connectivity index (χ0) is 10.1. The maximum Gasteiger partial charge on any atom is 0.156 e. The molecule has 1 atom stereocenters. The Hall–Kier alpha value is -0.680. The molecule has 13 heavy (non-hydrogen) atoms. The third kappa shape index (κ3) is 6.48. The summed E-state index contributed by atoms with van der Waals surface area (Å²) in [6, 6.07) is -0.0747. The molecule has 0 rings (SSSR count). The van der Waals surface area contributed by atoms with Crippen molar-refractivity contribution >= 4 is 17.6 Å². The Kier molecular flexibility index (Phi) is 7.53. The molecule has 0 aliphatic rings. The number of thioether (sulfide) groups is 1. The summed E-state index contributed by atoms with van der Waals surface area (Å²) in [7, 11) is 0. The summed E-state index contributed by atoms with van der Waals surface area (Å²) in [5.74, 6) is 2.17. The van der Waals surface area contributed by atoms with Crippen LogP contribution in [-0.2, 0) is 0 Å². The maximum absolute atomic E-state index is 8.35. The lowest BCUT2D eigenvalue weighted by molar-refractivity contribution is 0.315. The van der Waals surface area contributed by atoms with Crippen molar-refractivity contribution < 1.29 is 5.21 Å². The predicted octanol–water partition coefficient (Wildman–Crippen LogP) is 0.630. The minimum atomic E-state index is -0.0747. The van der Waals surface area contributed by atoms with Crippen LogP contribution < -0.4 is 11.1 Å². The van der Waals surface area contributed by atoms with Crippen LogP contribution in [0.1, 0.15) is 6.92 Å². The molecule has 4 nitrogen and oxygen atoms in total. The lowest BCUT2D eigenvalue weighted by atomic mass is 10.3. The first-order valence-electron chi connectivity index (χ1n) is 4.11. The van der Waals surface area contributed by atoms with Crippen molar-refractivity contribution in [1.82, 2.24) is 5.32 Å². The molecule has 0 saturated carbocycles. The van der Waals surface area contributed by atoms with Crippen molar-refractivity contribution in [1.29, 1.82) is 0 Å². The fraction of sp³-hybridized carbons (Fsp3) is 0.625. The zero-order valence-electron chi connectivity index (χ0n) is 7.86. The minimum Gasteiger partial charge on any atom is -0.409 e. The average molecular weight is 203 g/mol. The molecule has 0 saturated heterocycles. The van der Waals surface area contributed by atoms with Crippen LogP contribution in [0.5, 0.6) is 0 Å². The summed E-state index contributed by atoms with van der Waals surface area (Å²) in [4.78, 5) is 0. The molecular formula is C8H17N3OS. The Morgan fingerprint density at radius 3 is 3.08 bits per heavy atom. The lowest BCUT2D eigenvalue weighted by Gasteiger charge is -2.10. The summed E-state index contributed by atoms with van der Waals surface area (Å²) < 4.78 is 0. The zero-order valence-corrected chi connectivity index (χ0v) is 8.68. The first-order valence-corrected chi connectivity index (χ1v) is 5.27. The largest absolute Gasteiger partial charge is 0.409 e. The van der Waals surface area contributed by atoms with Gasteiger partial charge in [0.05, 0.1) is 6.04 Å². The summed E-state index contributed by atoms with van der Waals surface area (Å²) in [6.45, 7) is 6.32. The van der Waals surface area contributed by atoms with E-state index in [1.807, 2.05) is 13.0 Å². The third-order valence-corrected chi connectivity index (χ3v) is 2.46. The number of hydrogen-bond donors (Lipinski definition) is 3. The van der Waals surface area contributed by atoms with Gasteiger partial charge < -0.3 is 16.3 Å². The molecule has 0 aliphatic heterocycles. The van der Waals surface area contributed by atoms with Crippen LogP contribution in [0.25, 0.3) is 0 Å². The van der Waals surface area contributed by atoms with Crippen LogP contribution in [0.3, 0.4) is 0 Å². The molecule has 0 aliphatic carbocycles. The number of rotatable bonds is 7. The standard InChI is InChI=1S/C8H17N3OS/c1-3-5-13-6-4-10-7(2)8(9)11-12/h3,7,10,12H,1,4-6H2,2H3,(H2,9,11). The van der Waals surface area contributed by atoms with E-state index in [4.69, 9.17) is 10.9 Å². The second-order valence-electron chi connectivity index (χ2n) is 2.56. The summed E-state index contributed by atoms with van der Waals surface area (Å²) in [5.41, 5.74) is 5.37. The molecule has 0 heterocycles. The number of hydrogen-bond acceptors (Lipinski definition) is 4. The second-order valence-corrected chi connectivity index (χ2v) is 3.71. The van der Waals surface area contributed by atoms with E-state index in [1.54, 1.807) is 11.8 Å². The van der Waals surface area contributed by atoms with Crippen LogP contribution in [0.15, 0.2) is 17.8 Å². The second kappa shape index (κ2) is 7.94. The molecule has 0 amide bonds. The smallest absolute Gasteiger partial charge is 0.156 e. The molecule has 0 spiro atoms. The molecule has 1 unspecified atom stereocenters. The molecule has 76 valence electrons. The average Bonchev–Trinajstić information content (AvgIpc) is 2.16. The first kappa shape index (κ1) is 12.3. The molecule has 4 N–H and O–H groups in total. The number of oxime groups is 1. The Bertz CT molecular complexity index is 173. The van der Waals surface area contributed by atoms with Gasteiger partial charge in [0.2, 0.25) is 0 Å². The Balaban J connectivity index is 3.37. The van der Waals surface area contributed by atoms with Gasteiger partial charge in [-0.25, -0.2) is 0 Å². The van der Waals surface area contributed by atoms with E-state index in [1.165, 1.54) is 0 Å². The van der Waals surface area contributed by atoms with Gasteiger partial charge in [-0.3, -0.25) is 0 Å². The number of nitrogens with one attached hydrogen (secondary N) is 1. The van der Waals surface area contributed by atoms with E-state index >= 15 is 0 Å². The topological polar surface area (TPSA) is 70.6 Å². The minimum absolute atomic E-state index is 0.0747. The third-order valence-electron chi connectivity index (χ3n) is 1.49. The van der Waals surface area contributed by atoms with Gasteiger partial charge in [0.15, 0.2) is 5.84 Å². The van der Waals surface area contributed by atoms with Crippen molar-refractivity contribution in [3.05, 3.63) is 12.7 Å². The van der Waals surface area contributed by atoms with E-state index in [2.05, 4.69) is 17.1 Å². The van der Waals surface area contributed by atoms with Crippen LogP contribution in [0.4, 0.5) is 0 Å². The highest BCUT2D eigenvalue weighted by Crippen LogP contribution is 1.97. The Morgan fingerprint density at radius 2 is 2.54 bits per heavy atom. The molecule has 0 bridgehead atoms. The molecule has 0 aromatic carbocycles. The summed E-state index contributed by atoms with van der Waals surface area (Å²) in [6.07, 6.45) is 1.87. The fourth-order valence-corrected chi connectivity index (χ4v) is 1.30. The summed E-state index contributed by atoms with van der Waals surface area (Å²) >= 11 is 1.79. The SMILES string of the molecule is C=CCSCCNC(C)/C(N)=N/O. The normalized spacial score (nSPS) is 14.1. The van der Waals surface area contributed by atoms with Gasteiger partial charge in [0.1, 0.15) is 0 Å². The van der Waals surface area contributed by atoms with E-state index in [0.29, 0.717) is 0 Å². The molecule has 0 aromatic heterocycles. The van der Waals surface area contributed by atoms with Crippen LogP contribution in [0, 0.1) is 0 Å². The number of amidine groups is 1. The van der Waals surface area contributed by atoms with Crippen LogP contribution in [0.2, 0.25) is 0 Å². The molecule has 0 aromatic rings. The van der Waals surface area contributed by atoms with Gasteiger partial charge in [-0.15, -0.1) is 6.58 Å². The number of nitrogens with zero attached hydrogens (tertiary/aromatic N) is 1. The molecular weight excluding hydrogens is 186 g/mol. The monoisotopic (exact) mass is 203 g/mol. The van der Waals surface area contributed by atoms with Crippen molar-refractivity contribution in [2.45, 2.75) is 13.0 Å². The van der Waals surface area contributed by atoms with Gasteiger partial charge in [0, 0.05) is 18.1 Å². The van der Waals surface area contributed by atoms with Crippen LogP contribution in [-0.4, -0.2) is 35.1 Å². The van der Waals surface area contributed by atoms with Gasteiger partial charge >= 0.3 is 0 Å². The van der Waals surface area contributed by atoms with Crippen molar-refractivity contribution in [2.24, 2.45) is 10.9 Å². The molecule has 5 heteroatoms. The van der Waals surface area contributed by atoms with E-state index in [9.17, 15) is 0 Å². The van der Waals surface area contributed by atoms with E-state index in [0.717, 1.165) is 18.1 Å².